The largest absolute Gasteiger partial charge is 0.495 e. The molecule has 0 bridgehead atoms. The molecule has 4 aromatic rings. The Kier molecular flexibility index (Phi) is 4.37. The van der Waals surface area contributed by atoms with E-state index in [0.29, 0.717) is 0 Å². The van der Waals surface area contributed by atoms with Crippen molar-refractivity contribution in [3.8, 4) is 5.75 Å². The van der Waals surface area contributed by atoms with Crippen LogP contribution < -0.4 is 9.64 Å². The van der Waals surface area contributed by atoms with Crippen LogP contribution in [0.3, 0.4) is 0 Å². The van der Waals surface area contributed by atoms with Gasteiger partial charge in [0, 0.05) is 31.6 Å². The van der Waals surface area contributed by atoms with Gasteiger partial charge in [-0.2, -0.15) is 0 Å². The molecule has 0 aliphatic carbocycles. The molecule has 1 fully saturated rings. The highest BCUT2D eigenvalue weighted by molar-refractivity contribution is 6.04. The van der Waals surface area contributed by atoms with E-state index in [4.69, 9.17) is 9.72 Å². The maximum absolute atomic E-state index is 5.52. The van der Waals surface area contributed by atoms with Gasteiger partial charge in [-0.05, 0) is 23.6 Å². The van der Waals surface area contributed by atoms with E-state index in [1.807, 2.05) is 12.1 Å². The third-order valence-electron chi connectivity index (χ3n) is 5.60. The molecule has 142 valence electrons. The first-order chi connectivity index (χ1) is 13.8. The normalized spacial score (nSPS) is 15.4. The molecule has 1 aliphatic heterocycles. The first-order valence-electron chi connectivity index (χ1n) is 9.78. The van der Waals surface area contributed by atoms with Gasteiger partial charge in [0.25, 0.3) is 0 Å². The Morgan fingerprint density at radius 3 is 2.57 bits per heavy atom. The van der Waals surface area contributed by atoms with Crippen LogP contribution in [-0.4, -0.2) is 48.2 Å². The minimum absolute atomic E-state index is 0.850. The van der Waals surface area contributed by atoms with Gasteiger partial charge in [0.1, 0.15) is 11.6 Å². The lowest BCUT2D eigenvalue weighted by molar-refractivity contribution is 0.244. The van der Waals surface area contributed by atoms with Crippen LogP contribution in [0.4, 0.5) is 5.69 Å². The number of methoxy groups -OCH3 is 1. The van der Waals surface area contributed by atoms with Gasteiger partial charge in [-0.3, -0.25) is 4.90 Å². The molecule has 0 radical (unpaired) electrons. The van der Waals surface area contributed by atoms with Crippen LogP contribution >= 0.6 is 0 Å². The molecular formula is C23H24N4O. The quantitative estimate of drug-likeness (QED) is 0.587. The second-order valence-electron chi connectivity index (χ2n) is 7.30. The second-order valence-corrected chi connectivity index (χ2v) is 7.30. The van der Waals surface area contributed by atoms with Crippen molar-refractivity contribution in [2.75, 3.05) is 38.2 Å². The summed E-state index contributed by atoms with van der Waals surface area (Å²) in [6.45, 7) is 4.85. The summed E-state index contributed by atoms with van der Waals surface area (Å²) in [5.74, 6) is 1.98. The second kappa shape index (κ2) is 7.17. The van der Waals surface area contributed by atoms with Crippen molar-refractivity contribution in [1.82, 2.24) is 14.9 Å². The Morgan fingerprint density at radius 1 is 0.929 bits per heavy atom. The average molecular weight is 372 g/mol. The number of ether oxygens (including phenoxy) is 1. The average Bonchev–Trinajstić information content (AvgIpc) is 3.17. The summed E-state index contributed by atoms with van der Waals surface area (Å²) in [4.78, 5) is 13.3. The lowest BCUT2D eigenvalue weighted by atomic mass is 10.1. The van der Waals surface area contributed by atoms with Crippen LogP contribution in [0, 0.1) is 0 Å². The molecule has 5 nitrogen and oxygen atoms in total. The number of anilines is 1. The van der Waals surface area contributed by atoms with Gasteiger partial charge < -0.3 is 14.6 Å². The third kappa shape index (κ3) is 3.08. The van der Waals surface area contributed by atoms with Crippen LogP contribution in [-0.2, 0) is 6.54 Å². The molecule has 1 N–H and O–H groups in total. The third-order valence-corrected chi connectivity index (χ3v) is 5.60. The van der Waals surface area contributed by atoms with E-state index < -0.39 is 0 Å². The van der Waals surface area contributed by atoms with Gasteiger partial charge in [-0.1, -0.05) is 42.5 Å². The number of nitrogens with one attached hydrogen (secondary N) is 1. The minimum Gasteiger partial charge on any atom is -0.495 e. The summed E-state index contributed by atoms with van der Waals surface area (Å²) in [7, 11) is 1.74. The Labute approximate surface area is 164 Å². The van der Waals surface area contributed by atoms with E-state index in [2.05, 4.69) is 63.3 Å². The summed E-state index contributed by atoms with van der Waals surface area (Å²) < 4.78 is 5.52. The molecule has 5 heteroatoms. The summed E-state index contributed by atoms with van der Waals surface area (Å²) in [5.41, 5.74) is 3.36. The summed E-state index contributed by atoms with van der Waals surface area (Å²) in [5, 5.41) is 2.45. The number of para-hydroxylation sites is 2. The molecule has 0 unspecified atom stereocenters. The molecule has 1 aromatic heterocycles. The molecule has 1 aliphatic rings. The highest BCUT2D eigenvalue weighted by atomic mass is 16.5. The van der Waals surface area contributed by atoms with Gasteiger partial charge in [0.15, 0.2) is 0 Å². The van der Waals surface area contributed by atoms with Crippen molar-refractivity contribution in [1.29, 1.82) is 0 Å². The maximum atomic E-state index is 5.52. The topological polar surface area (TPSA) is 44.4 Å². The minimum atomic E-state index is 0.850. The first kappa shape index (κ1) is 17.1. The smallest absolute Gasteiger partial charge is 0.142 e. The van der Waals surface area contributed by atoms with Gasteiger partial charge in [-0.25, -0.2) is 4.98 Å². The Hall–Kier alpha value is -3.05. The van der Waals surface area contributed by atoms with Gasteiger partial charge in [0.05, 0.1) is 30.4 Å². The zero-order chi connectivity index (χ0) is 18.9. The van der Waals surface area contributed by atoms with Crippen LogP contribution in [0.5, 0.6) is 5.75 Å². The van der Waals surface area contributed by atoms with Gasteiger partial charge in [0.2, 0.25) is 0 Å². The van der Waals surface area contributed by atoms with Crippen molar-refractivity contribution in [2.45, 2.75) is 6.54 Å². The van der Waals surface area contributed by atoms with E-state index >= 15 is 0 Å². The number of hydrogen-bond donors (Lipinski definition) is 1. The molecule has 0 spiro atoms. The van der Waals surface area contributed by atoms with Crippen molar-refractivity contribution in [3.05, 3.63) is 66.5 Å². The molecular weight excluding hydrogens is 348 g/mol. The van der Waals surface area contributed by atoms with Crippen LogP contribution in [0.1, 0.15) is 5.82 Å². The van der Waals surface area contributed by atoms with Crippen molar-refractivity contribution >= 4 is 27.5 Å². The Balaban J connectivity index is 1.31. The summed E-state index contributed by atoms with van der Waals surface area (Å²) >= 11 is 0. The number of imidazole rings is 1. The lowest BCUT2D eigenvalue weighted by Crippen LogP contribution is -2.46. The van der Waals surface area contributed by atoms with E-state index in [1.54, 1.807) is 7.11 Å². The SMILES string of the molecule is COc1ccccc1N1CCN(Cc2nc3c(ccc4ccccc43)[nH]2)CC1. The van der Waals surface area contributed by atoms with Crippen LogP contribution in [0.25, 0.3) is 21.8 Å². The van der Waals surface area contributed by atoms with Crippen molar-refractivity contribution in [2.24, 2.45) is 0 Å². The van der Waals surface area contributed by atoms with Crippen molar-refractivity contribution in [3.63, 3.8) is 0 Å². The molecule has 0 atom stereocenters. The fourth-order valence-corrected chi connectivity index (χ4v) is 4.12. The highest BCUT2D eigenvalue weighted by Crippen LogP contribution is 2.29. The molecule has 3 aromatic carbocycles. The van der Waals surface area contributed by atoms with Crippen LogP contribution in [0.2, 0.25) is 0 Å². The Morgan fingerprint density at radius 2 is 1.71 bits per heavy atom. The number of aromatic nitrogens is 2. The zero-order valence-electron chi connectivity index (χ0n) is 16.1. The number of aromatic amines is 1. The monoisotopic (exact) mass is 372 g/mol. The Bertz CT molecular complexity index is 1110. The number of fused-ring (bicyclic) bond motifs is 3. The number of hydrogen-bond acceptors (Lipinski definition) is 4. The first-order valence-corrected chi connectivity index (χ1v) is 9.78. The highest BCUT2D eigenvalue weighted by Gasteiger charge is 2.20. The van der Waals surface area contributed by atoms with E-state index in [1.165, 1.54) is 16.5 Å². The molecule has 2 heterocycles. The fourth-order valence-electron chi connectivity index (χ4n) is 4.12. The molecule has 5 rings (SSSR count). The van der Waals surface area contributed by atoms with Gasteiger partial charge in [-0.15, -0.1) is 0 Å². The summed E-state index contributed by atoms with van der Waals surface area (Å²) in [6.07, 6.45) is 0. The maximum Gasteiger partial charge on any atom is 0.142 e. The lowest BCUT2D eigenvalue weighted by Gasteiger charge is -2.36. The van der Waals surface area contributed by atoms with E-state index in [0.717, 1.165) is 55.3 Å². The fraction of sp³-hybridized carbons (Fsp3) is 0.261. The number of piperazine rings is 1. The predicted molar refractivity (Wildman–Crippen MR) is 114 cm³/mol. The standard InChI is InChI=1S/C23H24N4O/c1-28-21-9-5-4-8-20(21)27-14-12-26(13-15-27)16-22-24-19-11-10-17-6-2-3-7-18(17)23(19)25-22/h2-11H,12-16H2,1H3,(H,24,25). The van der Waals surface area contributed by atoms with Crippen molar-refractivity contribution < 1.29 is 4.74 Å². The molecule has 0 saturated carbocycles. The van der Waals surface area contributed by atoms with E-state index in [9.17, 15) is 0 Å². The van der Waals surface area contributed by atoms with Gasteiger partial charge >= 0.3 is 0 Å². The number of benzene rings is 3. The number of rotatable bonds is 4. The van der Waals surface area contributed by atoms with E-state index in [-0.39, 0.29) is 0 Å². The zero-order valence-corrected chi connectivity index (χ0v) is 16.1. The predicted octanol–water partition coefficient (Wildman–Crippen LogP) is 4.05. The molecule has 28 heavy (non-hydrogen) atoms. The number of H-pyrrole nitrogens is 1. The summed E-state index contributed by atoms with van der Waals surface area (Å²) in [6, 6.07) is 21.0. The number of nitrogens with zero attached hydrogens (tertiary/aromatic N) is 3. The molecule has 1 saturated heterocycles. The van der Waals surface area contributed by atoms with Crippen LogP contribution in [0.15, 0.2) is 60.7 Å². The molecule has 0 amide bonds.